The predicted molar refractivity (Wildman–Crippen MR) is 122 cm³/mol. The number of nitrogens with zero attached hydrogens (tertiary/aromatic N) is 1. The summed E-state index contributed by atoms with van der Waals surface area (Å²) >= 11 is 0. The lowest BCUT2D eigenvalue weighted by molar-refractivity contribution is -0.127. The Morgan fingerprint density at radius 2 is 1.77 bits per heavy atom. The largest absolute Gasteiger partial charge is 0.345 e. The molecule has 0 radical (unpaired) electrons. The fourth-order valence-corrected chi connectivity index (χ4v) is 3.24. The molecule has 1 heterocycles. The molecule has 1 amide bonds. The van der Waals surface area contributed by atoms with E-state index in [4.69, 9.17) is 4.84 Å². The van der Waals surface area contributed by atoms with Crippen molar-refractivity contribution >= 4 is 11.7 Å². The summed E-state index contributed by atoms with van der Waals surface area (Å²) in [5, 5.41) is 3.00. The van der Waals surface area contributed by atoms with Gasteiger partial charge in [-0.05, 0) is 29.5 Å². The smallest absolute Gasteiger partial charge is 0.225 e. The molecule has 6 nitrogen and oxygen atoms in total. The molecule has 0 aliphatic rings. The van der Waals surface area contributed by atoms with Crippen molar-refractivity contribution in [2.75, 3.05) is 6.54 Å². The highest BCUT2D eigenvalue weighted by Gasteiger charge is 2.35. The SMILES string of the molecule is CCCC[C@H](CNOCc1ccccc1)C(=O)N[C@H](C(=O)c1ccccn1)C(C)(C)C. The molecule has 0 saturated carbocycles. The highest BCUT2D eigenvalue weighted by Crippen LogP contribution is 2.23. The van der Waals surface area contributed by atoms with Gasteiger partial charge in [0.25, 0.3) is 0 Å². The Hall–Kier alpha value is -2.57. The molecule has 168 valence electrons. The third kappa shape index (κ3) is 8.23. The van der Waals surface area contributed by atoms with Crippen molar-refractivity contribution in [2.45, 2.75) is 59.6 Å². The summed E-state index contributed by atoms with van der Waals surface area (Å²) in [5.41, 5.74) is 3.90. The molecule has 0 saturated heterocycles. The van der Waals surface area contributed by atoms with E-state index in [-0.39, 0.29) is 17.6 Å². The Morgan fingerprint density at radius 1 is 1.06 bits per heavy atom. The highest BCUT2D eigenvalue weighted by atomic mass is 16.6. The zero-order chi connectivity index (χ0) is 22.7. The molecule has 2 aromatic rings. The molecule has 31 heavy (non-hydrogen) atoms. The van der Waals surface area contributed by atoms with Gasteiger partial charge >= 0.3 is 0 Å². The fourth-order valence-electron chi connectivity index (χ4n) is 3.24. The number of hydrogen-bond donors (Lipinski definition) is 2. The summed E-state index contributed by atoms with van der Waals surface area (Å²) in [7, 11) is 0. The van der Waals surface area contributed by atoms with Crippen LogP contribution in [0.2, 0.25) is 0 Å². The standard InChI is InChI=1S/C25H35N3O3/c1-5-6-14-20(17-27-31-18-19-12-8-7-9-13-19)24(30)28-23(25(2,3)4)22(29)21-15-10-11-16-26-21/h7-13,15-16,20,23,27H,5-6,14,17-18H2,1-4H3,(H,28,30)/t20-,23-/m1/s1. The van der Waals surface area contributed by atoms with Crippen molar-refractivity contribution in [3.8, 4) is 0 Å². The van der Waals surface area contributed by atoms with Crippen molar-refractivity contribution in [3.63, 3.8) is 0 Å². The Labute approximate surface area is 185 Å². The second kappa shape index (κ2) is 12.3. The zero-order valence-corrected chi connectivity index (χ0v) is 19.1. The molecule has 2 rings (SSSR count). The number of amides is 1. The molecular formula is C25H35N3O3. The van der Waals surface area contributed by atoms with Crippen molar-refractivity contribution in [2.24, 2.45) is 11.3 Å². The van der Waals surface area contributed by atoms with Gasteiger partial charge in [0.15, 0.2) is 0 Å². The first-order chi connectivity index (χ1) is 14.8. The highest BCUT2D eigenvalue weighted by molar-refractivity contribution is 6.01. The minimum absolute atomic E-state index is 0.145. The number of carbonyl (C=O) groups is 2. The maximum Gasteiger partial charge on any atom is 0.225 e. The van der Waals surface area contributed by atoms with Crippen LogP contribution in [0.25, 0.3) is 0 Å². The molecule has 1 aromatic carbocycles. The minimum atomic E-state index is -0.663. The van der Waals surface area contributed by atoms with Gasteiger partial charge in [-0.3, -0.25) is 19.4 Å². The fraction of sp³-hybridized carbons (Fsp3) is 0.480. The van der Waals surface area contributed by atoms with Crippen LogP contribution in [-0.2, 0) is 16.2 Å². The minimum Gasteiger partial charge on any atom is -0.345 e. The molecule has 0 fully saturated rings. The van der Waals surface area contributed by atoms with Gasteiger partial charge in [0.2, 0.25) is 11.7 Å². The van der Waals surface area contributed by atoms with Gasteiger partial charge in [-0.2, -0.15) is 0 Å². The maximum absolute atomic E-state index is 13.1. The van der Waals surface area contributed by atoms with Crippen molar-refractivity contribution in [1.29, 1.82) is 0 Å². The van der Waals surface area contributed by atoms with Gasteiger partial charge in [0, 0.05) is 12.7 Å². The van der Waals surface area contributed by atoms with E-state index >= 15 is 0 Å². The van der Waals surface area contributed by atoms with Gasteiger partial charge < -0.3 is 5.32 Å². The van der Waals surface area contributed by atoms with Crippen LogP contribution >= 0.6 is 0 Å². The Balaban J connectivity index is 2.01. The summed E-state index contributed by atoms with van der Waals surface area (Å²) < 4.78 is 0. The van der Waals surface area contributed by atoms with Crippen LogP contribution in [-0.4, -0.2) is 29.3 Å². The number of hydrogen-bond acceptors (Lipinski definition) is 5. The van der Waals surface area contributed by atoms with Crippen LogP contribution in [0.4, 0.5) is 0 Å². The normalized spacial score (nSPS) is 13.4. The molecular weight excluding hydrogens is 390 g/mol. The van der Waals surface area contributed by atoms with Crippen LogP contribution in [0.1, 0.15) is 63.0 Å². The van der Waals surface area contributed by atoms with Gasteiger partial charge in [-0.25, -0.2) is 5.48 Å². The van der Waals surface area contributed by atoms with E-state index in [0.29, 0.717) is 18.8 Å². The Kier molecular flexibility index (Phi) is 9.82. The second-order valence-corrected chi connectivity index (χ2v) is 8.85. The topological polar surface area (TPSA) is 80.3 Å². The average molecular weight is 426 g/mol. The Bertz CT molecular complexity index is 804. The molecule has 0 bridgehead atoms. The lowest BCUT2D eigenvalue weighted by Gasteiger charge is -2.31. The second-order valence-electron chi connectivity index (χ2n) is 8.85. The first-order valence-corrected chi connectivity index (χ1v) is 11.0. The van der Waals surface area contributed by atoms with Gasteiger partial charge in [0.1, 0.15) is 5.69 Å². The number of carbonyl (C=O) groups excluding carboxylic acids is 2. The van der Waals surface area contributed by atoms with E-state index in [1.54, 1.807) is 24.4 Å². The number of hydroxylamine groups is 1. The zero-order valence-electron chi connectivity index (χ0n) is 19.1. The van der Waals surface area contributed by atoms with Crippen molar-refractivity contribution < 1.29 is 14.4 Å². The third-order valence-corrected chi connectivity index (χ3v) is 5.12. The number of ketones is 1. The number of Topliss-reactive ketones (excluding diaryl/α,β-unsaturated/α-hetero) is 1. The summed E-state index contributed by atoms with van der Waals surface area (Å²) in [6.45, 7) is 8.74. The van der Waals surface area contributed by atoms with Crippen LogP contribution in [0, 0.1) is 11.3 Å². The number of pyridine rings is 1. The molecule has 0 unspecified atom stereocenters. The number of nitrogens with one attached hydrogen (secondary N) is 2. The summed E-state index contributed by atoms with van der Waals surface area (Å²) in [4.78, 5) is 35.9. The molecule has 1 aromatic heterocycles. The first kappa shape index (κ1) is 24.7. The predicted octanol–water partition coefficient (Wildman–Crippen LogP) is 4.32. The average Bonchev–Trinajstić information content (AvgIpc) is 2.77. The van der Waals surface area contributed by atoms with E-state index in [2.05, 4.69) is 22.7 Å². The summed E-state index contributed by atoms with van der Waals surface area (Å²) in [6.07, 6.45) is 4.22. The Morgan fingerprint density at radius 3 is 2.39 bits per heavy atom. The number of unbranched alkanes of at least 4 members (excludes halogenated alkanes) is 1. The lowest BCUT2D eigenvalue weighted by Crippen LogP contribution is -2.52. The molecule has 0 spiro atoms. The van der Waals surface area contributed by atoms with Gasteiger partial charge in [-0.15, -0.1) is 0 Å². The van der Waals surface area contributed by atoms with Gasteiger partial charge in [0.05, 0.1) is 18.6 Å². The van der Waals surface area contributed by atoms with Crippen molar-refractivity contribution in [1.82, 2.24) is 15.8 Å². The van der Waals surface area contributed by atoms with Crippen LogP contribution in [0.3, 0.4) is 0 Å². The number of aromatic nitrogens is 1. The lowest BCUT2D eigenvalue weighted by atomic mass is 9.82. The van der Waals surface area contributed by atoms with Crippen LogP contribution in [0.5, 0.6) is 0 Å². The van der Waals surface area contributed by atoms with E-state index in [9.17, 15) is 9.59 Å². The molecule has 6 heteroatoms. The van der Waals surface area contributed by atoms with Gasteiger partial charge in [-0.1, -0.05) is 76.9 Å². The monoisotopic (exact) mass is 425 g/mol. The van der Waals surface area contributed by atoms with Crippen LogP contribution in [0.15, 0.2) is 54.7 Å². The number of rotatable bonds is 12. The molecule has 2 atom stereocenters. The van der Waals surface area contributed by atoms with Crippen molar-refractivity contribution in [3.05, 3.63) is 66.0 Å². The van der Waals surface area contributed by atoms with E-state index in [1.165, 1.54) is 0 Å². The molecule has 2 N–H and O–H groups in total. The number of benzene rings is 1. The van der Waals surface area contributed by atoms with E-state index in [1.807, 2.05) is 51.1 Å². The van der Waals surface area contributed by atoms with E-state index in [0.717, 1.165) is 24.8 Å². The maximum atomic E-state index is 13.1. The van der Waals surface area contributed by atoms with E-state index < -0.39 is 11.5 Å². The first-order valence-electron chi connectivity index (χ1n) is 11.0. The third-order valence-electron chi connectivity index (χ3n) is 5.12. The molecule has 0 aliphatic carbocycles. The summed E-state index contributed by atoms with van der Waals surface area (Å²) in [5.74, 6) is -0.616. The van der Waals surface area contributed by atoms with Crippen LogP contribution < -0.4 is 10.8 Å². The summed E-state index contributed by atoms with van der Waals surface area (Å²) in [6, 6.07) is 14.4. The quantitative estimate of drug-likeness (QED) is 0.301. The molecule has 0 aliphatic heterocycles.